The quantitative estimate of drug-likeness (QED) is 0.712. The zero-order valence-corrected chi connectivity index (χ0v) is 20.9. The summed E-state index contributed by atoms with van der Waals surface area (Å²) in [5, 5.41) is 10.6. The predicted octanol–water partition coefficient (Wildman–Crippen LogP) is 3.79. The zero-order chi connectivity index (χ0) is 24.1. The van der Waals surface area contributed by atoms with E-state index in [4.69, 9.17) is 5.73 Å². The fourth-order valence-electron chi connectivity index (χ4n) is 10.0. The van der Waals surface area contributed by atoms with E-state index in [2.05, 4.69) is 35.8 Å². The fraction of sp³-hybridized carbons (Fsp3) is 0.567. The molecule has 7 rings (SSSR count). The Bertz CT molecular complexity index is 1180. The second kappa shape index (κ2) is 7.33. The summed E-state index contributed by atoms with van der Waals surface area (Å²) in [5.74, 6) is 2.29. The van der Waals surface area contributed by atoms with Gasteiger partial charge in [-0.15, -0.1) is 0 Å². The van der Waals surface area contributed by atoms with Crippen LogP contribution >= 0.6 is 0 Å². The third-order valence-corrected chi connectivity index (χ3v) is 10.8. The number of piperidine rings is 2. The van der Waals surface area contributed by atoms with E-state index in [0.717, 1.165) is 44.5 Å². The van der Waals surface area contributed by atoms with Crippen molar-refractivity contribution in [1.82, 2.24) is 9.80 Å². The molecule has 1 amide bonds. The second-order valence-electron chi connectivity index (χ2n) is 12.1. The van der Waals surface area contributed by atoms with Gasteiger partial charge in [0.25, 0.3) is 5.91 Å². The summed E-state index contributed by atoms with van der Waals surface area (Å²) in [5.41, 5.74) is 10.2. The van der Waals surface area contributed by atoms with Crippen molar-refractivity contribution >= 4 is 5.91 Å². The van der Waals surface area contributed by atoms with Crippen molar-refractivity contribution in [3.63, 3.8) is 0 Å². The number of fused-ring (bicyclic) bond motifs is 1. The molecule has 6 unspecified atom stereocenters. The lowest BCUT2D eigenvalue weighted by Gasteiger charge is -2.88. The number of hydrogen-bond acceptors (Lipinski definition) is 4. The Kier molecular flexibility index (Phi) is 4.58. The molecular formula is C30H37N3O2. The van der Waals surface area contributed by atoms with E-state index in [-0.39, 0.29) is 28.8 Å². The number of rotatable bonds is 4. The smallest absolute Gasteiger partial charge is 0.254 e. The summed E-state index contributed by atoms with van der Waals surface area (Å²) >= 11 is 0. The van der Waals surface area contributed by atoms with E-state index in [1.165, 1.54) is 17.5 Å². The van der Waals surface area contributed by atoms with Gasteiger partial charge in [-0.3, -0.25) is 9.69 Å². The number of likely N-dealkylation sites (tertiary alicyclic amines) is 2. The third-order valence-electron chi connectivity index (χ3n) is 10.8. The molecule has 3 aliphatic carbocycles. The summed E-state index contributed by atoms with van der Waals surface area (Å²) in [7, 11) is 0. The molecule has 4 fully saturated rings. The van der Waals surface area contributed by atoms with E-state index in [0.29, 0.717) is 29.5 Å². The topological polar surface area (TPSA) is 69.8 Å². The standard InChI is InChI=1S/C30H37N3O2/c1-3-24-27-26-21(17-33(24)28(35)19-7-5-4-6-8-19)15-30(26)25-13-20-9-10-22(34)14-23(20)29(27,30)11-12-32(25)16-18(2)31/h4-10,14,18,21,24-27,34H,3,11-13,15-17,31H2,1-2H3/t18-,21+,24?,25?,26?,27?,29?,30?/m0/s1. The van der Waals surface area contributed by atoms with E-state index >= 15 is 0 Å². The Hall–Kier alpha value is -2.37. The van der Waals surface area contributed by atoms with Crippen LogP contribution in [-0.4, -0.2) is 58.6 Å². The Labute approximate surface area is 208 Å². The van der Waals surface area contributed by atoms with E-state index in [9.17, 15) is 9.90 Å². The Balaban J connectivity index is 1.35. The summed E-state index contributed by atoms with van der Waals surface area (Å²) in [6, 6.07) is 16.9. The lowest BCUT2D eigenvalue weighted by molar-refractivity contribution is -0.349. The molecule has 35 heavy (non-hydrogen) atoms. The molecule has 8 atom stereocenters. The Morgan fingerprint density at radius 2 is 2.00 bits per heavy atom. The Morgan fingerprint density at radius 3 is 2.74 bits per heavy atom. The number of phenolic OH excluding ortho intramolecular Hbond substituents is 1. The summed E-state index contributed by atoms with van der Waals surface area (Å²) in [6.45, 7) is 7.29. The number of carbonyl (C=O) groups is 1. The molecule has 5 aliphatic rings. The SMILES string of the molecule is CCC1C2C3[C@@H](CN1C(=O)c1ccccc1)CC31C3Cc4ccc(O)cc4C21CCN3C[C@H](C)N. The predicted molar refractivity (Wildman–Crippen MR) is 136 cm³/mol. The molecule has 3 N–H and O–H groups in total. The van der Waals surface area contributed by atoms with Crippen LogP contribution in [0.25, 0.3) is 0 Å². The maximum Gasteiger partial charge on any atom is 0.254 e. The van der Waals surface area contributed by atoms with Crippen LogP contribution in [0.2, 0.25) is 0 Å². The molecule has 2 aliphatic heterocycles. The first-order valence-corrected chi connectivity index (χ1v) is 13.6. The maximum atomic E-state index is 13.8. The van der Waals surface area contributed by atoms with Crippen LogP contribution in [0.4, 0.5) is 0 Å². The molecule has 1 spiro atoms. The van der Waals surface area contributed by atoms with Gasteiger partial charge in [0.2, 0.25) is 0 Å². The lowest BCUT2D eigenvalue weighted by atomic mass is 9.20. The van der Waals surface area contributed by atoms with E-state index < -0.39 is 0 Å². The first-order chi connectivity index (χ1) is 16.9. The molecule has 2 heterocycles. The Morgan fingerprint density at radius 1 is 1.20 bits per heavy atom. The van der Waals surface area contributed by atoms with Crippen LogP contribution < -0.4 is 5.73 Å². The number of aromatic hydroxyl groups is 1. The zero-order valence-electron chi connectivity index (χ0n) is 20.9. The van der Waals surface area contributed by atoms with Gasteiger partial charge in [0, 0.05) is 47.6 Å². The van der Waals surface area contributed by atoms with E-state index in [1.807, 2.05) is 36.4 Å². The molecule has 0 radical (unpaired) electrons. The molecule has 5 heteroatoms. The van der Waals surface area contributed by atoms with Crippen molar-refractivity contribution in [3.8, 4) is 5.75 Å². The second-order valence-corrected chi connectivity index (χ2v) is 12.1. The van der Waals surface area contributed by atoms with Crippen LogP contribution in [0.3, 0.4) is 0 Å². The highest BCUT2D eigenvalue weighted by molar-refractivity contribution is 5.94. The van der Waals surface area contributed by atoms with Crippen molar-refractivity contribution in [2.24, 2.45) is 28.9 Å². The van der Waals surface area contributed by atoms with Crippen LogP contribution in [0, 0.1) is 23.2 Å². The number of hydrogen-bond donors (Lipinski definition) is 2. The van der Waals surface area contributed by atoms with Crippen molar-refractivity contribution < 1.29 is 9.90 Å². The highest BCUT2D eigenvalue weighted by atomic mass is 16.3. The van der Waals surface area contributed by atoms with Gasteiger partial charge < -0.3 is 15.7 Å². The van der Waals surface area contributed by atoms with Crippen LogP contribution in [-0.2, 0) is 11.8 Å². The summed E-state index contributed by atoms with van der Waals surface area (Å²) in [6.07, 6.45) is 4.33. The highest BCUT2D eigenvalue weighted by Crippen LogP contribution is 2.84. The van der Waals surface area contributed by atoms with Crippen molar-refractivity contribution in [2.75, 3.05) is 19.6 Å². The number of phenols is 1. The lowest BCUT2D eigenvalue weighted by Crippen LogP contribution is -2.90. The summed E-state index contributed by atoms with van der Waals surface area (Å²) < 4.78 is 0. The van der Waals surface area contributed by atoms with Crippen LogP contribution in [0.15, 0.2) is 48.5 Å². The average Bonchev–Trinajstić information content (AvgIpc) is 2.83. The highest BCUT2D eigenvalue weighted by Gasteiger charge is 2.85. The molecule has 184 valence electrons. The van der Waals surface area contributed by atoms with Crippen molar-refractivity contribution in [3.05, 3.63) is 65.2 Å². The van der Waals surface area contributed by atoms with Crippen LogP contribution in [0.1, 0.15) is 54.6 Å². The molecule has 5 nitrogen and oxygen atoms in total. The molecule has 0 aromatic heterocycles. The monoisotopic (exact) mass is 471 g/mol. The third kappa shape index (κ3) is 2.54. The van der Waals surface area contributed by atoms with Crippen molar-refractivity contribution in [1.29, 1.82) is 0 Å². The minimum Gasteiger partial charge on any atom is -0.508 e. The molecule has 2 aromatic carbocycles. The number of nitrogens with zero attached hydrogens (tertiary/aromatic N) is 2. The van der Waals surface area contributed by atoms with E-state index in [1.54, 1.807) is 0 Å². The van der Waals surface area contributed by atoms with Gasteiger partial charge in [-0.2, -0.15) is 0 Å². The first-order valence-electron chi connectivity index (χ1n) is 13.6. The maximum absolute atomic E-state index is 13.8. The molecule has 2 saturated heterocycles. The number of benzene rings is 2. The first kappa shape index (κ1) is 21.9. The summed E-state index contributed by atoms with van der Waals surface area (Å²) in [4.78, 5) is 18.7. The number of amides is 1. The largest absolute Gasteiger partial charge is 0.508 e. The van der Waals surface area contributed by atoms with Gasteiger partial charge in [-0.1, -0.05) is 31.2 Å². The van der Waals surface area contributed by atoms with Gasteiger partial charge in [0.05, 0.1) is 0 Å². The van der Waals surface area contributed by atoms with Crippen LogP contribution in [0.5, 0.6) is 5.75 Å². The minimum absolute atomic E-state index is 0.0514. The fourth-order valence-corrected chi connectivity index (χ4v) is 10.0. The van der Waals surface area contributed by atoms with Crippen molar-refractivity contribution in [2.45, 2.75) is 63.1 Å². The molecular weight excluding hydrogens is 434 g/mol. The van der Waals surface area contributed by atoms with Gasteiger partial charge >= 0.3 is 0 Å². The number of nitrogens with two attached hydrogens (primary N) is 1. The average molecular weight is 472 g/mol. The van der Waals surface area contributed by atoms with Gasteiger partial charge in [-0.05, 0) is 92.3 Å². The van der Waals surface area contributed by atoms with Gasteiger partial charge in [0.15, 0.2) is 0 Å². The van der Waals surface area contributed by atoms with Gasteiger partial charge in [0.1, 0.15) is 5.75 Å². The van der Waals surface area contributed by atoms with Gasteiger partial charge in [-0.25, -0.2) is 0 Å². The normalized spacial score (nSPS) is 39.4. The molecule has 2 aromatic rings. The molecule has 2 bridgehead atoms. The minimum atomic E-state index is 0.0514. The number of carbonyl (C=O) groups excluding carboxylic acids is 1. The molecule has 2 saturated carbocycles.